The fourth-order valence-corrected chi connectivity index (χ4v) is 2.99. The second kappa shape index (κ2) is 6.79. The van der Waals surface area contributed by atoms with Crippen LogP contribution in [-0.2, 0) is 23.2 Å². The van der Waals surface area contributed by atoms with Crippen LogP contribution in [0, 0.1) is 6.92 Å². The Kier molecular flexibility index (Phi) is 5.05. The summed E-state index contributed by atoms with van der Waals surface area (Å²) in [6.45, 7) is 2.55. The van der Waals surface area contributed by atoms with Crippen LogP contribution < -0.4 is 4.72 Å². The lowest BCUT2D eigenvalue weighted by Gasteiger charge is -2.09. The monoisotopic (exact) mass is 310 g/mol. The molecule has 2 N–H and O–H groups in total. The largest absolute Gasteiger partial charge is 0.392 e. The summed E-state index contributed by atoms with van der Waals surface area (Å²) in [7, 11) is -3.56. The van der Waals surface area contributed by atoms with Gasteiger partial charge < -0.3 is 5.11 Å². The number of nitrogens with one attached hydrogen (secondary N) is 1. The van der Waals surface area contributed by atoms with Gasteiger partial charge in [0.25, 0.3) is 0 Å². The second-order valence-corrected chi connectivity index (χ2v) is 6.43. The predicted octanol–water partition coefficient (Wildman–Crippen LogP) is 0.447. The van der Waals surface area contributed by atoms with Gasteiger partial charge in [-0.05, 0) is 36.6 Å². The number of aliphatic hydroxyl groups is 1. The minimum atomic E-state index is -3.56. The predicted molar refractivity (Wildman–Crippen MR) is 76.9 cm³/mol. The maximum atomic E-state index is 12.1. The quantitative estimate of drug-likeness (QED) is 0.724. The van der Waals surface area contributed by atoms with Crippen LogP contribution in [0.1, 0.15) is 17.5 Å². The van der Waals surface area contributed by atoms with Crippen molar-refractivity contribution in [3.63, 3.8) is 0 Å². The molecule has 0 amide bonds. The van der Waals surface area contributed by atoms with E-state index in [4.69, 9.17) is 0 Å². The molecule has 21 heavy (non-hydrogen) atoms. The third-order valence-corrected chi connectivity index (χ3v) is 4.59. The molecular weight excluding hydrogens is 292 g/mol. The van der Waals surface area contributed by atoms with Gasteiger partial charge in [-0.15, -0.1) is 5.10 Å². The maximum Gasteiger partial charge on any atom is 0.240 e. The van der Waals surface area contributed by atoms with Crippen LogP contribution in [0.2, 0.25) is 0 Å². The summed E-state index contributed by atoms with van der Waals surface area (Å²) < 4.78 is 28.5. The Morgan fingerprint density at radius 2 is 2.19 bits per heavy atom. The van der Waals surface area contributed by atoms with Gasteiger partial charge in [0.1, 0.15) is 0 Å². The average molecular weight is 310 g/mol. The molecule has 0 atom stereocenters. The normalized spacial score (nSPS) is 11.7. The summed E-state index contributed by atoms with van der Waals surface area (Å²) in [5.41, 5.74) is 1.48. The topological polar surface area (TPSA) is 97.1 Å². The molecule has 0 aliphatic carbocycles. The highest BCUT2D eigenvalue weighted by Crippen LogP contribution is 2.15. The van der Waals surface area contributed by atoms with Crippen LogP contribution >= 0.6 is 0 Å². The maximum absolute atomic E-state index is 12.1. The molecular formula is C13H18N4O3S. The fraction of sp³-hybridized carbons (Fsp3) is 0.385. The van der Waals surface area contributed by atoms with Crippen molar-refractivity contribution in [3.8, 4) is 0 Å². The molecule has 8 heteroatoms. The first-order valence-electron chi connectivity index (χ1n) is 6.57. The van der Waals surface area contributed by atoms with Crippen molar-refractivity contribution in [3.05, 3.63) is 41.7 Å². The van der Waals surface area contributed by atoms with Gasteiger partial charge >= 0.3 is 0 Å². The van der Waals surface area contributed by atoms with E-state index in [1.807, 2.05) is 6.92 Å². The molecule has 0 aliphatic heterocycles. The van der Waals surface area contributed by atoms with Crippen molar-refractivity contribution in [1.29, 1.82) is 0 Å². The Morgan fingerprint density at radius 1 is 1.38 bits per heavy atom. The summed E-state index contributed by atoms with van der Waals surface area (Å²) in [5, 5.41) is 16.7. The SMILES string of the molecule is Cc1ccc(S(=O)(=O)NCCCn2ccnn2)cc1CO. The highest BCUT2D eigenvalue weighted by Gasteiger charge is 2.14. The first-order chi connectivity index (χ1) is 10.0. The molecule has 0 bridgehead atoms. The molecule has 0 fully saturated rings. The van der Waals surface area contributed by atoms with Crippen LogP contribution in [0.5, 0.6) is 0 Å². The van der Waals surface area contributed by atoms with Gasteiger partial charge in [0.05, 0.1) is 17.7 Å². The van der Waals surface area contributed by atoms with Crippen molar-refractivity contribution in [2.24, 2.45) is 0 Å². The van der Waals surface area contributed by atoms with E-state index in [2.05, 4.69) is 15.0 Å². The molecule has 0 aliphatic rings. The summed E-state index contributed by atoms with van der Waals surface area (Å²) in [6, 6.07) is 4.72. The van der Waals surface area contributed by atoms with Gasteiger partial charge in [0.15, 0.2) is 0 Å². The summed E-state index contributed by atoms with van der Waals surface area (Å²) in [5.74, 6) is 0. The molecule has 7 nitrogen and oxygen atoms in total. The van der Waals surface area contributed by atoms with Gasteiger partial charge in [-0.25, -0.2) is 13.1 Å². The van der Waals surface area contributed by atoms with Crippen molar-refractivity contribution in [2.75, 3.05) is 6.54 Å². The van der Waals surface area contributed by atoms with Crippen LogP contribution in [0.4, 0.5) is 0 Å². The number of hydrogen-bond donors (Lipinski definition) is 2. The molecule has 0 spiro atoms. The van der Waals surface area contributed by atoms with E-state index < -0.39 is 10.0 Å². The van der Waals surface area contributed by atoms with Crippen molar-refractivity contribution >= 4 is 10.0 Å². The third kappa shape index (κ3) is 4.10. The number of aryl methyl sites for hydroxylation is 2. The number of benzene rings is 1. The zero-order valence-corrected chi connectivity index (χ0v) is 12.5. The van der Waals surface area contributed by atoms with Crippen molar-refractivity contribution in [1.82, 2.24) is 19.7 Å². The molecule has 0 radical (unpaired) electrons. The van der Waals surface area contributed by atoms with E-state index >= 15 is 0 Å². The van der Waals surface area contributed by atoms with Gasteiger partial charge in [0.2, 0.25) is 10.0 Å². The van der Waals surface area contributed by atoms with Crippen LogP contribution in [0.15, 0.2) is 35.5 Å². The molecule has 2 aromatic rings. The zero-order chi connectivity index (χ0) is 15.3. The molecule has 114 valence electrons. The van der Waals surface area contributed by atoms with Crippen molar-refractivity contribution in [2.45, 2.75) is 31.4 Å². The third-order valence-electron chi connectivity index (χ3n) is 3.13. The van der Waals surface area contributed by atoms with Gasteiger partial charge in [-0.1, -0.05) is 11.3 Å². The zero-order valence-electron chi connectivity index (χ0n) is 11.7. The first-order valence-corrected chi connectivity index (χ1v) is 8.05. The summed E-state index contributed by atoms with van der Waals surface area (Å²) >= 11 is 0. The molecule has 1 heterocycles. The Balaban J connectivity index is 1.95. The molecule has 2 rings (SSSR count). The van der Waals surface area contributed by atoms with E-state index in [-0.39, 0.29) is 11.5 Å². The molecule has 1 aromatic heterocycles. The smallest absolute Gasteiger partial charge is 0.240 e. The standard InChI is InChI=1S/C13H18N4O3S/c1-11-3-4-13(9-12(11)10-18)21(19,20)15-5-2-7-17-8-6-14-16-17/h3-4,6,8-9,15,18H,2,5,7,10H2,1H3. The van der Waals surface area contributed by atoms with E-state index in [1.165, 1.54) is 12.1 Å². The lowest BCUT2D eigenvalue weighted by Crippen LogP contribution is -2.25. The number of nitrogens with zero attached hydrogens (tertiary/aromatic N) is 3. The Labute approximate surface area is 123 Å². The minimum Gasteiger partial charge on any atom is -0.392 e. The van der Waals surface area contributed by atoms with Gasteiger partial charge in [-0.2, -0.15) is 0 Å². The number of sulfonamides is 1. The highest BCUT2D eigenvalue weighted by molar-refractivity contribution is 7.89. The van der Waals surface area contributed by atoms with Crippen LogP contribution in [-0.4, -0.2) is 35.1 Å². The van der Waals surface area contributed by atoms with E-state index in [9.17, 15) is 13.5 Å². The average Bonchev–Trinajstić information content (AvgIpc) is 2.97. The highest BCUT2D eigenvalue weighted by atomic mass is 32.2. The number of aromatic nitrogens is 3. The van der Waals surface area contributed by atoms with Crippen molar-refractivity contribution < 1.29 is 13.5 Å². The first kappa shape index (κ1) is 15.6. The van der Waals surface area contributed by atoms with Gasteiger partial charge in [-0.3, -0.25) is 4.68 Å². The lowest BCUT2D eigenvalue weighted by molar-refractivity contribution is 0.280. The Morgan fingerprint density at radius 3 is 2.86 bits per heavy atom. The molecule has 0 saturated heterocycles. The summed E-state index contributed by atoms with van der Waals surface area (Å²) in [6.07, 6.45) is 3.91. The lowest BCUT2D eigenvalue weighted by atomic mass is 10.1. The Bertz CT molecular complexity index is 683. The number of hydrogen-bond acceptors (Lipinski definition) is 5. The summed E-state index contributed by atoms with van der Waals surface area (Å²) in [4.78, 5) is 0.165. The van der Waals surface area contributed by atoms with E-state index in [0.29, 0.717) is 25.1 Å². The minimum absolute atomic E-state index is 0.165. The van der Waals surface area contributed by atoms with Crippen LogP contribution in [0.25, 0.3) is 0 Å². The van der Waals surface area contributed by atoms with E-state index in [0.717, 1.165) is 5.56 Å². The Hall–Kier alpha value is -1.77. The molecule has 0 saturated carbocycles. The second-order valence-electron chi connectivity index (χ2n) is 4.66. The number of rotatable bonds is 7. The number of aliphatic hydroxyl groups excluding tert-OH is 1. The van der Waals surface area contributed by atoms with E-state index in [1.54, 1.807) is 23.1 Å². The van der Waals surface area contributed by atoms with Gasteiger partial charge in [0, 0.05) is 19.3 Å². The molecule has 0 unspecified atom stereocenters. The van der Waals surface area contributed by atoms with Crippen LogP contribution in [0.3, 0.4) is 0 Å². The molecule has 1 aromatic carbocycles. The fourth-order valence-electron chi connectivity index (χ4n) is 1.87.